The van der Waals surface area contributed by atoms with Gasteiger partial charge in [-0.1, -0.05) is 17.7 Å². The van der Waals surface area contributed by atoms with Gasteiger partial charge in [-0.15, -0.1) is 0 Å². The molecule has 2 saturated heterocycles. The normalized spacial score (nSPS) is 23.0. The largest absolute Gasteiger partial charge is 0.388 e. The third-order valence-electron chi connectivity index (χ3n) is 4.89. The maximum atomic E-state index is 13.2. The van der Waals surface area contributed by atoms with Gasteiger partial charge in [0.15, 0.2) is 0 Å². The first-order valence-electron chi connectivity index (χ1n) is 8.15. The minimum absolute atomic E-state index is 0.181. The maximum absolute atomic E-state index is 13.2. The average Bonchev–Trinajstić information content (AvgIpc) is 2.98. The lowest BCUT2D eigenvalue weighted by Gasteiger charge is -2.40. The van der Waals surface area contributed by atoms with Gasteiger partial charge in [0.05, 0.1) is 10.6 Å². The van der Waals surface area contributed by atoms with E-state index in [0.29, 0.717) is 0 Å². The SMILES string of the molecule is OC1(CN2CCCC2)CCN(Cc2ccc(F)c(Cl)c2)CC1. The lowest BCUT2D eigenvalue weighted by Crippen LogP contribution is -2.50. The van der Waals surface area contributed by atoms with E-state index in [2.05, 4.69) is 9.80 Å². The first-order valence-corrected chi connectivity index (χ1v) is 8.53. The molecule has 0 aromatic heterocycles. The van der Waals surface area contributed by atoms with Gasteiger partial charge in [0.1, 0.15) is 5.82 Å². The first kappa shape index (κ1) is 16.2. The number of halogens is 2. The van der Waals surface area contributed by atoms with Crippen molar-refractivity contribution in [3.8, 4) is 0 Å². The molecule has 0 spiro atoms. The number of hydrogen-bond acceptors (Lipinski definition) is 3. The van der Waals surface area contributed by atoms with Gasteiger partial charge in [-0.25, -0.2) is 4.39 Å². The standard InChI is InChI=1S/C17H24ClFN2O/c18-15-11-14(3-4-16(15)19)12-20-9-5-17(22,6-10-20)13-21-7-1-2-8-21/h3-4,11,22H,1-2,5-10,12-13H2. The highest BCUT2D eigenvalue weighted by atomic mass is 35.5. The molecule has 3 rings (SSSR count). The summed E-state index contributed by atoms with van der Waals surface area (Å²) < 4.78 is 13.2. The van der Waals surface area contributed by atoms with Crippen LogP contribution in [0.5, 0.6) is 0 Å². The van der Waals surface area contributed by atoms with E-state index in [0.717, 1.165) is 57.7 Å². The van der Waals surface area contributed by atoms with Crippen molar-refractivity contribution in [1.82, 2.24) is 9.80 Å². The average molecular weight is 327 g/mol. The lowest BCUT2D eigenvalue weighted by atomic mass is 9.90. The van der Waals surface area contributed by atoms with Crippen molar-refractivity contribution in [3.63, 3.8) is 0 Å². The fourth-order valence-corrected chi connectivity index (χ4v) is 3.74. The van der Waals surface area contributed by atoms with Crippen molar-refractivity contribution >= 4 is 11.6 Å². The Morgan fingerprint density at radius 3 is 2.41 bits per heavy atom. The van der Waals surface area contributed by atoms with E-state index in [1.807, 2.05) is 0 Å². The molecule has 0 atom stereocenters. The van der Waals surface area contributed by atoms with Crippen LogP contribution in [0, 0.1) is 5.82 Å². The number of likely N-dealkylation sites (tertiary alicyclic amines) is 2. The molecule has 2 aliphatic rings. The van der Waals surface area contributed by atoms with E-state index in [4.69, 9.17) is 11.6 Å². The van der Waals surface area contributed by atoms with Crippen LogP contribution in [0.4, 0.5) is 4.39 Å². The zero-order chi connectivity index (χ0) is 15.6. The molecule has 122 valence electrons. The quantitative estimate of drug-likeness (QED) is 0.921. The Morgan fingerprint density at radius 1 is 1.09 bits per heavy atom. The summed E-state index contributed by atoms with van der Waals surface area (Å²) in [6, 6.07) is 4.90. The van der Waals surface area contributed by atoms with Gasteiger partial charge in [-0.2, -0.15) is 0 Å². The summed E-state index contributed by atoms with van der Waals surface area (Å²) in [5.41, 5.74) is 0.484. The smallest absolute Gasteiger partial charge is 0.141 e. The molecule has 1 aromatic rings. The molecule has 0 bridgehead atoms. The molecule has 0 radical (unpaired) electrons. The molecule has 2 fully saturated rings. The molecule has 22 heavy (non-hydrogen) atoms. The Kier molecular flexibility index (Phi) is 5.03. The van der Waals surface area contributed by atoms with Crippen LogP contribution in [0.3, 0.4) is 0 Å². The van der Waals surface area contributed by atoms with Crippen LogP contribution < -0.4 is 0 Å². The number of piperidine rings is 1. The molecule has 1 N–H and O–H groups in total. The van der Waals surface area contributed by atoms with Gasteiger partial charge in [0, 0.05) is 26.2 Å². The monoisotopic (exact) mass is 326 g/mol. The molecule has 0 unspecified atom stereocenters. The molecular weight excluding hydrogens is 303 g/mol. The van der Waals surface area contributed by atoms with Crippen LogP contribution in [0.2, 0.25) is 5.02 Å². The zero-order valence-electron chi connectivity index (χ0n) is 12.9. The molecule has 0 saturated carbocycles. The summed E-state index contributed by atoms with van der Waals surface area (Å²) >= 11 is 5.83. The van der Waals surface area contributed by atoms with Gasteiger partial charge >= 0.3 is 0 Å². The fourth-order valence-electron chi connectivity index (χ4n) is 3.54. The number of aliphatic hydroxyl groups is 1. The van der Waals surface area contributed by atoms with E-state index < -0.39 is 5.60 Å². The van der Waals surface area contributed by atoms with E-state index in [1.54, 1.807) is 12.1 Å². The highest BCUT2D eigenvalue weighted by molar-refractivity contribution is 6.30. The lowest BCUT2D eigenvalue weighted by molar-refractivity contribution is -0.0430. The number of benzene rings is 1. The number of rotatable bonds is 4. The Labute approximate surface area is 136 Å². The van der Waals surface area contributed by atoms with Crippen LogP contribution in [-0.2, 0) is 6.54 Å². The van der Waals surface area contributed by atoms with Crippen LogP contribution in [-0.4, -0.2) is 53.2 Å². The Morgan fingerprint density at radius 2 is 1.77 bits per heavy atom. The van der Waals surface area contributed by atoms with Crippen molar-refractivity contribution in [2.24, 2.45) is 0 Å². The molecule has 3 nitrogen and oxygen atoms in total. The molecule has 5 heteroatoms. The second kappa shape index (κ2) is 6.83. The van der Waals surface area contributed by atoms with Crippen molar-refractivity contribution in [1.29, 1.82) is 0 Å². The topological polar surface area (TPSA) is 26.7 Å². The Balaban J connectivity index is 1.51. The number of hydrogen-bond donors (Lipinski definition) is 1. The van der Waals surface area contributed by atoms with Crippen molar-refractivity contribution in [2.45, 2.75) is 37.8 Å². The van der Waals surface area contributed by atoms with Crippen molar-refractivity contribution in [2.75, 3.05) is 32.7 Å². The molecule has 0 aliphatic carbocycles. The van der Waals surface area contributed by atoms with Crippen LogP contribution in [0.15, 0.2) is 18.2 Å². The maximum Gasteiger partial charge on any atom is 0.141 e. The second-order valence-electron chi connectivity index (χ2n) is 6.73. The van der Waals surface area contributed by atoms with Crippen LogP contribution in [0.25, 0.3) is 0 Å². The van der Waals surface area contributed by atoms with Crippen molar-refractivity contribution < 1.29 is 9.50 Å². The van der Waals surface area contributed by atoms with Gasteiger partial charge < -0.3 is 10.0 Å². The number of nitrogens with zero attached hydrogens (tertiary/aromatic N) is 2. The molecule has 2 aliphatic heterocycles. The van der Waals surface area contributed by atoms with E-state index in [9.17, 15) is 9.50 Å². The molecule has 0 amide bonds. The second-order valence-corrected chi connectivity index (χ2v) is 7.14. The van der Waals surface area contributed by atoms with Crippen LogP contribution in [0.1, 0.15) is 31.2 Å². The molecule has 2 heterocycles. The number of β-amino-alcohol motifs (C(OH)–C–C–N with tert-alkyl or cyclic N) is 1. The van der Waals surface area contributed by atoms with Gasteiger partial charge in [0.2, 0.25) is 0 Å². The predicted octanol–water partition coefficient (Wildman–Crippen LogP) is 2.90. The predicted molar refractivity (Wildman–Crippen MR) is 86.5 cm³/mol. The zero-order valence-corrected chi connectivity index (χ0v) is 13.7. The van der Waals surface area contributed by atoms with Crippen molar-refractivity contribution in [3.05, 3.63) is 34.6 Å². The highest BCUT2D eigenvalue weighted by Crippen LogP contribution is 2.26. The summed E-state index contributed by atoms with van der Waals surface area (Å²) in [5.74, 6) is -0.371. The third kappa shape index (κ3) is 3.99. The van der Waals surface area contributed by atoms with E-state index in [1.165, 1.54) is 18.9 Å². The summed E-state index contributed by atoms with van der Waals surface area (Å²) in [4.78, 5) is 4.69. The fraction of sp³-hybridized carbons (Fsp3) is 0.647. The Hall–Kier alpha value is -0.680. The molecule has 1 aromatic carbocycles. The minimum Gasteiger partial charge on any atom is -0.388 e. The first-order chi connectivity index (χ1) is 10.5. The summed E-state index contributed by atoms with van der Waals surface area (Å²) in [6.45, 7) is 5.57. The highest BCUT2D eigenvalue weighted by Gasteiger charge is 2.34. The van der Waals surface area contributed by atoms with Crippen LogP contribution >= 0.6 is 11.6 Å². The summed E-state index contributed by atoms with van der Waals surface area (Å²) in [5, 5.41) is 10.9. The van der Waals surface area contributed by atoms with Gasteiger partial charge in [0.25, 0.3) is 0 Å². The molecular formula is C17H24ClFN2O. The third-order valence-corrected chi connectivity index (χ3v) is 5.18. The van der Waals surface area contributed by atoms with Gasteiger partial charge in [-0.3, -0.25) is 4.90 Å². The summed E-state index contributed by atoms with van der Waals surface area (Å²) in [7, 11) is 0. The van der Waals surface area contributed by atoms with E-state index >= 15 is 0 Å². The van der Waals surface area contributed by atoms with Gasteiger partial charge in [-0.05, 0) is 56.5 Å². The minimum atomic E-state index is -0.540. The van der Waals surface area contributed by atoms with E-state index in [-0.39, 0.29) is 10.8 Å². The Bertz CT molecular complexity index is 511. The summed E-state index contributed by atoms with van der Waals surface area (Å²) in [6.07, 6.45) is 4.12.